The number of ether oxygens (including phenoxy) is 1. The summed E-state index contributed by atoms with van der Waals surface area (Å²) in [5.41, 5.74) is 3.82. The van der Waals surface area contributed by atoms with Gasteiger partial charge in [-0.25, -0.2) is 4.98 Å². The molecule has 1 aromatic carbocycles. The Bertz CT molecular complexity index is 949. The molecule has 1 aliphatic rings. The van der Waals surface area contributed by atoms with Crippen molar-refractivity contribution >= 4 is 40.5 Å². The van der Waals surface area contributed by atoms with Gasteiger partial charge in [0.25, 0.3) is 0 Å². The third kappa shape index (κ3) is 4.56. The van der Waals surface area contributed by atoms with Crippen LogP contribution in [0.2, 0.25) is 0 Å². The van der Waals surface area contributed by atoms with Crippen LogP contribution in [0.5, 0.6) is 0 Å². The molecule has 29 heavy (non-hydrogen) atoms. The normalized spacial score (nSPS) is 17.3. The SMILES string of the molecule is CCOC(=O)Cc1csc(S[C@H](C)C(=O)/C=C2/N(C)c3ccccc3C2(C)C)n1. The van der Waals surface area contributed by atoms with E-state index >= 15 is 0 Å². The molecule has 0 N–H and O–H groups in total. The molecule has 0 aliphatic carbocycles. The number of aromatic nitrogens is 1. The summed E-state index contributed by atoms with van der Waals surface area (Å²) in [6.45, 7) is 8.33. The summed E-state index contributed by atoms with van der Waals surface area (Å²) in [6, 6.07) is 8.26. The Balaban J connectivity index is 1.70. The minimum absolute atomic E-state index is 0.0554. The number of carbonyl (C=O) groups excluding carboxylic acids is 2. The van der Waals surface area contributed by atoms with E-state index in [-0.39, 0.29) is 28.8 Å². The maximum Gasteiger partial charge on any atom is 0.311 e. The monoisotopic (exact) mass is 430 g/mol. The Morgan fingerprint density at radius 2 is 2.07 bits per heavy atom. The largest absolute Gasteiger partial charge is 0.466 e. The Labute approximate surface area is 180 Å². The second-order valence-electron chi connectivity index (χ2n) is 7.48. The number of fused-ring (bicyclic) bond motifs is 1. The Kier molecular flexibility index (Phi) is 6.49. The number of benzene rings is 1. The number of rotatable bonds is 7. The van der Waals surface area contributed by atoms with E-state index in [4.69, 9.17) is 4.74 Å². The second kappa shape index (κ2) is 8.71. The predicted octanol–water partition coefficient (Wildman–Crippen LogP) is 4.61. The van der Waals surface area contributed by atoms with Gasteiger partial charge in [0.1, 0.15) is 0 Å². The van der Waals surface area contributed by atoms with Crippen LogP contribution < -0.4 is 4.90 Å². The Morgan fingerprint density at radius 3 is 2.76 bits per heavy atom. The van der Waals surface area contributed by atoms with Crippen molar-refractivity contribution in [3.05, 3.63) is 52.7 Å². The molecular weight excluding hydrogens is 404 g/mol. The number of hydrogen-bond donors (Lipinski definition) is 0. The van der Waals surface area contributed by atoms with E-state index in [2.05, 4.69) is 35.9 Å². The van der Waals surface area contributed by atoms with E-state index in [9.17, 15) is 9.59 Å². The van der Waals surface area contributed by atoms with Gasteiger partial charge < -0.3 is 9.64 Å². The smallest absolute Gasteiger partial charge is 0.311 e. The van der Waals surface area contributed by atoms with Crippen LogP contribution in [-0.4, -0.2) is 35.6 Å². The fourth-order valence-corrected chi connectivity index (χ4v) is 5.50. The van der Waals surface area contributed by atoms with Crippen LogP contribution in [0.1, 0.15) is 39.0 Å². The van der Waals surface area contributed by atoms with Crippen molar-refractivity contribution in [1.29, 1.82) is 0 Å². The summed E-state index contributed by atoms with van der Waals surface area (Å²) in [7, 11) is 2.01. The van der Waals surface area contributed by atoms with E-state index in [1.807, 2.05) is 31.5 Å². The molecular formula is C22H26N2O3S2. The zero-order valence-corrected chi connectivity index (χ0v) is 19.0. The summed E-state index contributed by atoms with van der Waals surface area (Å²) in [6.07, 6.45) is 1.93. The van der Waals surface area contributed by atoms with Gasteiger partial charge in [-0.2, -0.15) is 0 Å². The van der Waals surface area contributed by atoms with E-state index in [1.54, 1.807) is 13.0 Å². The number of anilines is 1. The molecule has 0 amide bonds. The van der Waals surface area contributed by atoms with Crippen molar-refractivity contribution < 1.29 is 14.3 Å². The number of hydrogen-bond acceptors (Lipinski definition) is 7. The van der Waals surface area contributed by atoms with Gasteiger partial charge in [-0.3, -0.25) is 9.59 Å². The highest BCUT2D eigenvalue weighted by Crippen LogP contribution is 2.46. The number of likely N-dealkylation sites (N-methyl/N-ethyl adjacent to an activating group) is 1. The van der Waals surface area contributed by atoms with Crippen LogP contribution in [0.15, 0.2) is 45.8 Å². The standard InChI is InChI=1S/C22H26N2O3S2/c1-6-27-20(26)11-15-13-28-21(23-15)29-14(2)18(25)12-19-22(3,4)16-9-7-8-10-17(16)24(19)5/h7-10,12-14H,6,11H2,1-5H3/b19-12+/t14-/m1/s1. The van der Waals surface area contributed by atoms with Gasteiger partial charge in [-0.15, -0.1) is 11.3 Å². The van der Waals surface area contributed by atoms with Gasteiger partial charge >= 0.3 is 5.97 Å². The molecule has 0 radical (unpaired) electrons. The molecule has 0 saturated heterocycles. The molecule has 154 valence electrons. The van der Waals surface area contributed by atoms with E-state index < -0.39 is 0 Å². The molecule has 0 fully saturated rings. The van der Waals surface area contributed by atoms with Gasteiger partial charge in [-0.1, -0.05) is 43.8 Å². The highest BCUT2D eigenvalue weighted by Gasteiger charge is 2.38. The summed E-state index contributed by atoms with van der Waals surface area (Å²) >= 11 is 2.87. The lowest BCUT2D eigenvalue weighted by Crippen LogP contribution is -2.25. The number of carbonyl (C=O) groups is 2. The average Bonchev–Trinajstić information content (AvgIpc) is 3.18. The molecule has 3 rings (SSSR count). The first-order valence-corrected chi connectivity index (χ1v) is 11.4. The van der Waals surface area contributed by atoms with E-state index in [0.29, 0.717) is 12.3 Å². The summed E-state index contributed by atoms with van der Waals surface area (Å²) in [5.74, 6) is -0.228. The molecule has 0 bridgehead atoms. The number of ketones is 1. The second-order valence-corrected chi connectivity index (χ2v) is 9.93. The topological polar surface area (TPSA) is 59.5 Å². The number of thioether (sulfide) groups is 1. The van der Waals surface area contributed by atoms with Crippen LogP contribution in [-0.2, 0) is 26.2 Å². The highest BCUT2D eigenvalue weighted by atomic mass is 32.2. The summed E-state index contributed by atoms with van der Waals surface area (Å²) in [5, 5.41) is 1.58. The molecule has 0 spiro atoms. The fraction of sp³-hybridized carbons (Fsp3) is 0.409. The zero-order valence-electron chi connectivity index (χ0n) is 17.4. The fourth-order valence-electron chi connectivity index (χ4n) is 3.50. The zero-order chi connectivity index (χ0) is 21.2. The lowest BCUT2D eigenvalue weighted by molar-refractivity contribution is -0.142. The Hall–Kier alpha value is -2.12. The molecule has 2 aromatic rings. The molecule has 2 heterocycles. The minimum Gasteiger partial charge on any atom is -0.466 e. The van der Waals surface area contributed by atoms with Gasteiger partial charge in [0.05, 0.1) is 24.0 Å². The number of nitrogens with zero attached hydrogens (tertiary/aromatic N) is 2. The van der Waals surface area contributed by atoms with Gasteiger partial charge in [0.15, 0.2) is 10.1 Å². The van der Waals surface area contributed by atoms with Crippen LogP contribution in [0.4, 0.5) is 5.69 Å². The number of esters is 1. The van der Waals surface area contributed by atoms with Crippen LogP contribution in [0.25, 0.3) is 0 Å². The van der Waals surface area contributed by atoms with Gasteiger partial charge in [-0.05, 0) is 25.5 Å². The molecule has 1 aromatic heterocycles. The minimum atomic E-state index is -0.283. The first-order chi connectivity index (χ1) is 13.7. The van der Waals surface area contributed by atoms with Crippen molar-refractivity contribution in [1.82, 2.24) is 4.98 Å². The molecule has 5 nitrogen and oxygen atoms in total. The third-order valence-electron chi connectivity index (χ3n) is 5.06. The van der Waals surface area contributed by atoms with Crippen molar-refractivity contribution in [3.63, 3.8) is 0 Å². The first kappa shape index (κ1) is 21.6. The van der Waals surface area contributed by atoms with Crippen molar-refractivity contribution in [2.75, 3.05) is 18.6 Å². The van der Waals surface area contributed by atoms with E-state index in [0.717, 1.165) is 15.7 Å². The Morgan fingerprint density at radius 1 is 1.34 bits per heavy atom. The van der Waals surface area contributed by atoms with Gasteiger partial charge in [0, 0.05) is 35.3 Å². The van der Waals surface area contributed by atoms with Crippen molar-refractivity contribution in [3.8, 4) is 0 Å². The maximum atomic E-state index is 12.9. The quantitative estimate of drug-likeness (QED) is 0.363. The van der Waals surface area contributed by atoms with Crippen LogP contribution in [0.3, 0.4) is 0 Å². The lowest BCUT2D eigenvalue weighted by atomic mass is 9.83. The molecule has 0 unspecified atom stereocenters. The van der Waals surface area contributed by atoms with Crippen LogP contribution in [0, 0.1) is 0 Å². The predicted molar refractivity (Wildman–Crippen MR) is 119 cm³/mol. The molecule has 0 saturated carbocycles. The summed E-state index contributed by atoms with van der Waals surface area (Å²) in [4.78, 5) is 31.1. The molecule has 7 heteroatoms. The average molecular weight is 431 g/mol. The van der Waals surface area contributed by atoms with Gasteiger partial charge in [0.2, 0.25) is 0 Å². The lowest BCUT2D eigenvalue weighted by Gasteiger charge is -2.24. The number of thiazole rings is 1. The maximum absolute atomic E-state index is 12.9. The van der Waals surface area contributed by atoms with Crippen molar-refractivity contribution in [2.24, 2.45) is 0 Å². The summed E-state index contributed by atoms with van der Waals surface area (Å²) < 4.78 is 5.74. The molecule has 1 atom stereocenters. The van der Waals surface area contributed by atoms with Crippen LogP contribution >= 0.6 is 23.1 Å². The number of para-hydroxylation sites is 1. The first-order valence-electron chi connectivity index (χ1n) is 9.60. The highest BCUT2D eigenvalue weighted by molar-refractivity contribution is 8.02. The van der Waals surface area contributed by atoms with E-state index in [1.165, 1.54) is 28.7 Å². The number of allylic oxidation sites excluding steroid dienone is 2. The third-order valence-corrected chi connectivity index (χ3v) is 7.20. The molecule has 1 aliphatic heterocycles. The van der Waals surface area contributed by atoms with Crippen molar-refractivity contribution in [2.45, 2.75) is 49.1 Å².